The number of benzene rings is 1. The van der Waals surface area contributed by atoms with Crippen LogP contribution in [-0.2, 0) is 0 Å². The Hall–Kier alpha value is -3.22. The Bertz CT molecular complexity index is 728. The number of pyridine rings is 1. The van der Waals surface area contributed by atoms with Crippen LogP contribution in [0.5, 0.6) is 11.5 Å². The fraction of sp³-hybridized carbons (Fsp3) is 0. The van der Waals surface area contributed by atoms with Gasteiger partial charge in [-0.2, -0.15) is 10.3 Å². The van der Waals surface area contributed by atoms with E-state index in [-0.39, 0.29) is 11.6 Å². The zero-order valence-corrected chi connectivity index (χ0v) is 10.9. The largest absolute Gasteiger partial charge is 0.457 e. The number of carbonyl (C=O) groups is 1. The smallest absolute Gasteiger partial charge is 0.275 e. The first kappa shape index (κ1) is 12.8. The lowest BCUT2D eigenvalue weighted by Crippen LogP contribution is -2.13. The molecule has 1 amide bonds. The van der Waals surface area contributed by atoms with Crippen LogP contribution in [0.15, 0.2) is 54.9 Å². The maximum Gasteiger partial charge on any atom is 0.275 e. The lowest BCUT2D eigenvalue weighted by molar-refractivity contribution is 0.102. The second-order valence-corrected chi connectivity index (χ2v) is 4.10. The molecule has 104 valence electrons. The van der Waals surface area contributed by atoms with Crippen LogP contribution in [0.3, 0.4) is 0 Å². The predicted molar refractivity (Wildman–Crippen MR) is 75.1 cm³/mol. The number of ether oxygens (including phenoxy) is 1. The van der Waals surface area contributed by atoms with Gasteiger partial charge in [0.2, 0.25) is 0 Å². The number of amides is 1. The number of aromatic nitrogens is 4. The number of hydrogen-bond donors (Lipinski definition) is 2. The van der Waals surface area contributed by atoms with Gasteiger partial charge in [-0.15, -0.1) is 5.10 Å². The SMILES string of the molecule is O=C(Nc1cn[nH]n1)c1cc(Oc2ccccc2)ccn1. The summed E-state index contributed by atoms with van der Waals surface area (Å²) in [6.07, 6.45) is 2.91. The van der Waals surface area contributed by atoms with E-state index in [9.17, 15) is 4.79 Å². The third-order valence-electron chi connectivity index (χ3n) is 2.60. The molecule has 2 aromatic heterocycles. The molecule has 7 heteroatoms. The summed E-state index contributed by atoms with van der Waals surface area (Å²) in [5.41, 5.74) is 0.228. The van der Waals surface area contributed by atoms with E-state index in [1.165, 1.54) is 12.4 Å². The summed E-state index contributed by atoms with van der Waals surface area (Å²) in [5.74, 6) is 1.16. The molecule has 7 nitrogen and oxygen atoms in total. The molecule has 0 aliphatic carbocycles. The summed E-state index contributed by atoms with van der Waals surface area (Å²) < 4.78 is 5.65. The first-order chi connectivity index (χ1) is 10.3. The monoisotopic (exact) mass is 281 g/mol. The van der Waals surface area contributed by atoms with Crippen molar-refractivity contribution in [2.45, 2.75) is 0 Å². The van der Waals surface area contributed by atoms with E-state index in [2.05, 4.69) is 25.7 Å². The van der Waals surface area contributed by atoms with Gasteiger partial charge < -0.3 is 10.1 Å². The maximum absolute atomic E-state index is 12.0. The van der Waals surface area contributed by atoms with Crippen molar-refractivity contribution in [1.29, 1.82) is 0 Å². The third-order valence-corrected chi connectivity index (χ3v) is 2.60. The molecule has 1 aromatic carbocycles. The van der Waals surface area contributed by atoms with Gasteiger partial charge in [-0.05, 0) is 18.2 Å². The molecule has 2 heterocycles. The van der Waals surface area contributed by atoms with Crippen molar-refractivity contribution in [3.8, 4) is 11.5 Å². The number of H-pyrrole nitrogens is 1. The number of nitrogens with one attached hydrogen (secondary N) is 2. The van der Waals surface area contributed by atoms with Crippen molar-refractivity contribution in [2.24, 2.45) is 0 Å². The van der Waals surface area contributed by atoms with Crippen LogP contribution < -0.4 is 10.1 Å². The maximum atomic E-state index is 12.0. The third kappa shape index (κ3) is 3.21. The average Bonchev–Trinajstić information content (AvgIpc) is 3.01. The Kier molecular flexibility index (Phi) is 3.55. The zero-order chi connectivity index (χ0) is 14.5. The van der Waals surface area contributed by atoms with Gasteiger partial charge in [-0.25, -0.2) is 0 Å². The number of anilines is 1. The van der Waals surface area contributed by atoms with E-state index < -0.39 is 0 Å². The lowest BCUT2D eigenvalue weighted by Gasteiger charge is -2.06. The minimum absolute atomic E-state index is 0.228. The first-order valence-electron chi connectivity index (χ1n) is 6.17. The fourth-order valence-electron chi connectivity index (χ4n) is 1.67. The van der Waals surface area contributed by atoms with Gasteiger partial charge in [0, 0.05) is 12.3 Å². The van der Waals surface area contributed by atoms with E-state index in [4.69, 9.17) is 4.74 Å². The van der Waals surface area contributed by atoms with Crippen LogP contribution in [0.1, 0.15) is 10.5 Å². The minimum Gasteiger partial charge on any atom is -0.457 e. The average molecular weight is 281 g/mol. The highest BCUT2D eigenvalue weighted by molar-refractivity contribution is 6.02. The van der Waals surface area contributed by atoms with E-state index in [1.807, 2.05) is 30.3 Å². The number of aromatic amines is 1. The van der Waals surface area contributed by atoms with Gasteiger partial charge in [0.15, 0.2) is 5.82 Å². The standard InChI is InChI=1S/C14H11N5O2/c20-14(17-13-9-16-19-18-13)12-8-11(6-7-15-12)21-10-4-2-1-3-5-10/h1-9H,(H2,16,17,18,19,20). The molecule has 0 aliphatic heterocycles. The molecule has 0 fully saturated rings. The fourth-order valence-corrected chi connectivity index (χ4v) is 1.67. The van der Waals surface area contributed by atoms with E-state index in [0.717, 1.165) is 0 Å². The number of carbonyl (C=O) groups excluding carboxylic acids is 1. The van der Waals surface area contributed by atoms with Gasteiger partial charge >= 0.3 is 0 Å². The van der Waals surface area contributed by atoms with Crippen LogP contribution in [0.25, 0.3) is 0 Å². The Balaban J connectivity index is 1.75. The van der Waals surface area contributed by atoms with Gasteiger partial charge in [0.05, 0.1) is 6.20 Å². The predicted octanol–water partition coefficient (Wildman–Crippen LogP) is 2.24. The molecule has 21 heavy (non-hydrogen) atoms. The van der Waals surface area contributed by atoms with Crippen LogP contribution in [0.4, 0.5) is 5.82 Å². The van der Waals surface area contributed by atoms with Crippen molar-refractivity contribution in [3.05, 3.63) is 60.6 Å². The number of para-hydroxylation sites is 1. The van der Waals surface area contributed by atoms with Crippen molar-refractivity contribution in [2.75, 3.05) is 5.32 Å². The Morgan fingerprint density at radius 3 is 2.76 bits per heavy atom. The molecule has 0 spiro atoms. The summed E-state index contributed by atoms with van der Waals surface area (Å²) in [5, 5.41) is 12.3. The Labute approximate surface area is 120 Å². The number of hydrogen-bond acceptors (Lipinski definition) is 5. The second kappa shape index (κ2) is 5.83. The molecule has 0 radical (unpaired) electrons. The highest BCUT2D eigenvalue weighted by Crippen LogP contribution is 2.21. The van der Waals surface area contributed by atoms with Crippen LogP contribution in [-0.4, -0.2) is 26.3 Å². The second-order valence-electron chi connectivity index (χ2n) is 4.10. The molecule has 0 aliphatic rings. The molecular weight excluding hydrogens is 270 g/mol. The molecule has 0 unspecified atom stereocenters. The van der Waals surface area contributed by atoms with E-state index >= 15 is 0 Å². The van der Waals surface area contributed by atoms with E-state index in [1.54, 1.807) is 12.1 Å². The summed E-state index contributed by atoms with van der Waals surface area (Å²) in [6.45, 7) is 0. The highest BCUT2D eigenvalue weighted by Gasteiger charge is 2.10. The van der Waals surface area contributed by atoms with Crippen molar-refractivity contribution >= 4 is 11.7 Å². The van der Waals surface area contributed by atoms with Crippen molar-refractivity contribution in [1.82, 2.24) is 20.4 Å². The normalized spacial score (nSPS) is 10.1. The Morgan fingerprint density at radius 2 is 2.00 bits per heavy atom. The molecule has 0 bridgehead atoms. The summed E-state index contributed by atoms with van der Waals surface area (Å²) >= 11 is 0. The van der Waals surface area contributed by atoms with Crippen LogP contribution in [0.2, 0.25) is 0 Å². The van der Waals surface area contributed by atoms with Gasteiger partial charge in [0.1, 0.15) is 17.2 Å². The molecule has 0 saturated carbocycles. The molecule has 2 N–H and O–H groups in total. The van der Waals surface area contributed by atoms with Crippen LogP contribution >= 0.6 is 0 Å². The van der Waals surface area contributed by atoms with Gasteiger partial charge in [-0.1, -0.05) is 18.2 Å². The molecular formula is C14H11N5O2. The summed E-state index contributed by atoms with van der Waals surface area (Å²) in [6, 6.07) is 12.5. The lowest BCUT2D eigenvalue weighted by atomic mass is 10.3. The van der Waals surface area contributed by atoms with Crippen molar-refractivity contribution in [3.63, 3.8) is 0 Å². The van der Waals surface area contributed by atoms with Gasteiger partial charge in [0.25, 0.3) is 5.91 Å². The van der Waals surface area contributed by atoms with Crippen LogP contribution in [0, 0.1) is 0 Å². The molecule has 0 saturated heterocycles. The zero-order valence-electron chi connectivity index (χ0n) is 10.9. The van der Waals surface area contributed by atoms with E-state index in [0.29, 0.717) is 17.3 Å². The highest BCUT2D eigenvalue weighted by atomic mass is 16.5. The number of nitrogens with zero attached hydrogens (tertiary/aromatic N) is 3. The first-order valence-corrected chi connectivity index (χ1v) is 6.17. The summed E-state index contributed by atoms with van der Waals surface area (Å²) in [7, 11) is 0. The molecule has 3 aromatic rings. The Morgan fingerprint density at radius 1 is 1.14 bits per heavy atom. The van der Waals surface area contributed by atoms with Crippen molar-refractivity contribution < 1.29 is 9.53 Å². The number of rotatable bonds is 4. The molecule has 3 rings (SSSR count). The topological polar surface area (TPSA) is 92.8 Å². The summed E-state index contributed by atoms with van der Waals surface area (Å²) in [4.78, 5) is 16.0. The minimum atomic E-state index is -0.387. The quantitative estimate of drug-likeness (QED) is 0.765. The molecule has 0 atom stereocenters. The van der Waals surface area contributed by atoms with Gasteiger partial charge in [-0.3, -0.25) is 9.78 Å².